The van der Waals surface area contributed by atoms with Gasteiger partial charge in [-0.25, -0.2) is 0 Å². The summed E-state index contributed by atoms with van der Waals surface area (Å²) in [7, 11) is 0. The predicted octanol–water partition coefficient (Wildman–Crippen LogP) is 2.49. The highest BCUT2D eigenvalue weighted by molar-refractivity contribution is 5.96. The molecule has 7 heteroatoms. The summed E-state index contributed by atoms with van der Waals surface area (Å²) in [4.78, 5) is 24.8. The maximum atomic E-state index is 12.7. The molecule has 0 radical (unpaired) electrons. The van der Waals surface area contributed by atoms with Gasteiger partial charge in [-0.1, -0.05) is 29.8 Å². The van der Waals surface area contributed by atoms with Gasteiger partial charge in [-0.2, -0.15) is 0 Å². The van der Waals surface area contributed by atoms with Gasteiger partial charge in [-0.15, -0.1) is 0 Å². The van der Waals surface area contributed by atoms with E-state index in [1.54, 1.807) is 4.90 Å². The van der Waals surface area contributed by atoms with E-state index in [0.717, 1.165) is 13.0 Å². The average Bonchev–Trinajstić information content (AvgIpc) is 3.08. The van der Waals surface area contributed by atoms with Gasteiger partial charge < -0.3 is 16.0 Å². The summed E-state index contributed by atoms with van der Waals surface area (Å²) in [6, 6.07) is 12.5. The lowest BCUT2D eigenvalue weighted by Gasteiger charge is -2.17. The van der Waals surface area contributed by atoms with Gasteiger partial charge in [0.05, 0.1) is 4.92 Å². The summed E-state index contributed by atoms with van der Waals surface area (Å²) in [5.41, 5.74) is 8.44. The molecule has 1 fully saturated rings. The molecule has 0 aliphatic carbocycles. The SMILES string of the molecule is Cc1cccc(CN[C@@H]2CCN(C(=O)c3cc(N)cc([N+](=O)[O-])c3)C2)c1. The van der Waals surface area contributed by atoms with Crippen LogP contribution in [0.2, 0.25) is 0 Å². The van der Waals surface area contributed by atoms with Gasteiger partial charge in [-0.05, 0) is 25.0 Å². The first kappa shape index (κ1) is 17.9. The monoisotopic (exact) mass is 354 g/mol. The number of hydrogen-bond acceptors (Lipinski definition) is 5. The third-order valence-corrected chi connectivity index (χ3v) is 4.55. The van der Waals surface area contributed by atoms with E-state index in [1.165, 1.54) is 29.3 Å². The van der Waals surface area contributed by atoms with E-state index in [1.807, 2.05) is 6.07 Å². The number of likely N-dealkylation sites (tertiary alicyclic amines) is 1. The third-order valence-electron chi connectivity index (χ3n) is 4.55. The van der Waals surface area contributed by atoms with Crippen molar-refractivity contribution in [2.45, 2.75) is 25.9 Å². The minimum absolute atomic E-state index is 0.165. The highest BCUT2D eigenvalue weighted by Gasteiger charge is 2.27. The molecule has 2 aromatic rings. The van der Waals surface area contributed by atoms with E-state index < -0.39 is 4.92 Å². The van der Waals surface area contributed by atoms with Crippen molar-refractivity contribution in [3.8, 4) is 0 Å². The quantitative estimate of drug-likeness (QED) is 0.488. The van der Waals surface area contributed by atoms with Crippen LogP contribution in [0.4, 0.5) is 11.4 Å². The van der Waals surface area contributed by atoms with Crippen LogP contribution >= 0.6 is 0 Å². The van der Waals surface area contributed by atoms with Crippen LogP contribution in [0.25, 0.3) is 0 Å². The maximum absolute atomic E-state index is 12.7. The number of nitro groups is 1. The molecule has 3 rings (SSSR count). The number of nitrogen functional groups attached to an aromatic ring is 1. The minimum Gasteiger partial charge on any atom is -0.399 e. The largest absolute Gasteiger partial charge is 0.399 e. The van der Waals surface area contributed by atoms with Gasteiger partial charge in [0.1, 0.15) is 0 Å². The van der Waals surface area contributed by atoms with Crippen molar-refractivity contribution in [2.24, 2.45) is 0 Å². The first-order valence-corrected chi connectivity index (χ1v) is 8.55. The number of hydrogen-bond donors (Lipinski definition) is 2. The summed E-state index contributed by atoms with van der Waals surface area (Å²) in [5, 5.41) is 14.4. The lowest BCUT2D eigenvalue weighted by atomic mass is 10.1. The maximum Gasteiger partial charge on any atom is 0.272 e. The van der Waals surface area contributed by atoms with E-state index in [0.29, 0.717) is 13.1 Å². The number of nitrogens with zero attached hydrogens (tertiary/aromatic N) is 2. The third kappa shape index (κ3) is 4.18. The molecule has 1 saturated heterocycles. The number of nitrogens with two attached hydrogens (primary N) is 1. The molecule has 2 aromatic carbocycles. The molecule has 1 aliphatic heterocycles. The molecule has 1 atom stereocenters. The lowest BCUT2D eigenvalue weighted by molar-refractivity contribution is -0.384. The van der Waals surface area contributed by atoms with Gasteiger partial charge in [0.15, 0.2) is 0 Å². The number of amides is 1. The summed E-state index contributed by atoms with van der Waals surface area (Å²) < 4.78 is 0. The zero-order valence-corrected chi connectivity index (χ0v) is 14.6. The Morgan fingerprint density at radius 1 is 1.35 bits per heavy atom. The Kier molecular flexibility index (Phi) is 5.18. The highest BCUT2D eigenvalue weighted by Crippen LogP contribution is 2.22. The summed E-state index contributed by atoms with van der Waals surface area (Å²) >= 11 is 0. The second-order valence-electron chi connectivity index (χ2n) is 6.68. The second kappa shape index (κ2) is 7.53. The van der Waals surface area contributed by atoms with Gasteiger partial charge in [0.25, 0.3) is 11.6 Å². The van der Waals surface area contributed by atoms with Crippen LogP contribution in [0, 0.1) is 17.0 Å². The topological polar surface area (TPSA) is 102 Å². The number of aryl methyl sites for hydroxylation is 1. The van der Waals surface area contributed by atoms with Gasteiger partial charge in [-0.3, -0.25) is 14.9 Å². The fraction of sp³-hybridized carbons (Fsp3) is 0.316. The van der Waals surface area contributed by atoms with E-state index in [2.05, 4.69) is 30.4 Å². The Hall–Kier alpha value is -2.93. The van der Waals surface area contributed by atoms with Crippen molar-refractivity contribution in [3.63, 3.8) is 0 Å². The van der Waals surface area contributed by atoms with Crippen molar-refractivity contribution < 1.29 is 9.72 Å². The first-order chi connectivity index (χ1) is 12.4. The number of anilines is 1. The number of benzene rings is 2. The molecule has 26 heavy (non-hydrogen) atoms. The Morgan fingerprint density at radius 3 is 2.88 bits per heavy atom. The van der Waals surface area contributed by atoms with Crippen LogP contribution in [0.15, 0.2) is 42.5 Å². The molecule has 1 heterocycles. The van der Waals surface area contributed by atoms with Crippen LogP contribution in [0.3, 0.4) is 0 Å². The Bertz CT molecular complexity index is 837. The molecule has 7 nitrogen and oxygen atoms in total. The number of nitrogens with one attached hydrogen (secondary N) is 1. The summed E-state index contributed by atoms with van der Waals surface area (Å²) in [5.74, 6) is -0.222. The van der Waals surface area contributed by atoms with Crippen molar-refractivity contribution in [3.05, 3.63) is 69.3 Å². The number of carbonyl (C=O) groups excluding carboxylic acids is 1. The van der Waals surface area contributed by atoms with Crippen LogP contribution in [0.1, 0.15) is 27.9 Å². The summed E-state index contributed by atoms with van der Waals surface area (Å²) in [6.45, 7) is 4.00. The molecule has 136 valence electrons. The Labute approximate surface area is 152 Å². The van der Waals surface area contributed by atoms with Crippen molar-refractivity contribution in [1.29, 1.82) is 0 Å². The zero-order valence-electron chi connectivity index (χ0n) is 14.6. The van der Waals surface area contributed by atoms with E-state index in [9.17, 15) is 14.9 Å². The predicted molar refractivity (Wildman–Crippen MR) is 99.8 cm³/mol. The standard InChI is InChI=1S/C19H22N4O3/c1-13-3-2-4-14(7-13)11-21-17-5-6-22(12-17)19(24)15-8-16(20)10-18(9-15)23(25)26/h2-4,7-10,17,21H,5-6,11-12,20H2,1H3/t17-/m1/s1. The highest BCUT2D eigenvalue weighted by atomic mass is 16.6. The molecule has 0 bridgehead atoms. The Balaban J connectivity index is 1.61. The van der Waals surface area contributed by atoms with Gasteiger partial charge >= 0.3 is 0 Å². The van der Waals surface area contributed by atoms with Crippen LogP contribution in [0.5, 0.6) is 0 Å². The molecule has 0 unspecified atom stereocenters. The summed E-state index contributed by atoms with van der Waals surface area (Å²) in [6.07, 6.45) is 0.849. The molecule has 1 aliphatic rings. The number of carbonyl (C=O) groups is 1. The smallest absolute Gasteiger partial charge is 0.272 e. The van der Waals surface area contributed by atoms with Gasteiger partial charge in [0.2, 0.25) is 0 Å². The van der Waals surface area contributed by atoms with Crippen molar-refractivity contribution in [2.75, 3.05) is 18.8 Å². The fourth-order valence-electron chi connectivity index (χ4n) is 3.24. The average molecular weight is 354 g/mol. The molecule has 0 saturated carbocycles. The molecular weight excluding hydrogens is 332 g/mol. The molecule has 0 aromatic heterocycles. The molecule has 3 N–H and O–H groups in total. The normalized spacial score (nSPS) is 16.7. The molecule has 0 spiro atoms. The van der Waals surface area contributed by atoms with E-state index in [4.69, 9.17) is 5.73 Å². The Morgan fingerprint density at radius 2 is 2.15 bits per heavy atom. The molecular formula is C19H22N4O3. The number of rotatable bonds is 5. The van der Waals surface area contributed by atoms with Crippen LogP contribution < -0.4 is 11.1 Å². The zero-order chi connectivity index (χ0) is 18.7. The first-order valence-electron chi connectivity index (χ1n) is 8.55. The van der Waals surface area contributed by atoms with Crippen LogP contribution in [-0.4, -0.2) is 34.9 Å². The molecule has 1 amide bonds. The van der Waals surface area contributed by atoms with Crippen molar-refractivity contribution >= 4 is 17.3 Å². The fourth-order valence-corrected chi connectivity index (χ4v) is 3.24. The van der Waals surface area contributed by atoms with E-state index >= 15 is 0 Å². The van der Waals surface area contributed by atoms with Crippen molar-refractivity contribution in [1.82, 2.24) is 10.2 Å². The lowest BCUT2D eigenvalue weighted by Crippen LogP contribution is -2.35. The van der Waals surface area contributed by atoms with Gasteiger partial charge in [0, 0.05) is 49.1 Å². The second-order valence-corrected chi connectivity index (χ2v) is 6.68. The number of nitro benzene ring substituents is 1. The number of non-ortho nitro benzene ring substituents is 1. The minimum atomic E-state index is -0.538. The van der Waals surface area contributed by atoms with E-state index in [-0.39, 0.29) is 28.9 Å². The van der Waals surface area contributed by atoms with Crippen LogP contribution in [-0.2, 0) is 6.54 Å².